The molecule has 11 heteroatoms. The number of azo groups is 1. The van der Waals surface area contributed by atoms with Gasteiger partial charge in [-0.15, -0.1) is 0 Å². The Labute approximate surface area is 237 Å². The van der Waals surface area contributed by atoms with Gasteiger partial charge in [-0.3, -0.25) is 9.36 Å². The highest BCUT2D eigenvalue weighted by Crippen LogP contribution is 2.38. The number of benzene rings is 3. The van der Waals surface area contributed by atoms with E-state index in [1.54, 1.807) is 50.3 Å². The molecule has 0 bridgehead atoms. The molecule has 4 aromatic rings. The van der Waals surface area contributed by atoms with E-state index in [0.29, 0.717) is 49.0 Å². The number of fused-ring (bicyclic) bond motifs is 2. The average Bonchev–Trinajstić information content (AvgIpc) is 3.56. The molecule has 41 heavy (non-hydrogen) atoms. The number of thiazole rings is 1. The number of phenolic OH excluding ortho intramolecular Hbond substituents is 1. The van der Waals surface area contributed by atoms with Crippen molar-refractivity contribution >= 4 is 34.8 Å². The summed E-state index contributed by atoms with van der Waals surface area (Å²) in [5.41, 5.74) is 2.58. The molecule has 3 aromatic carbocycles. The molecule has 1 aromatic heterocycles. The second-order valence-corrected chi connectivity index (χ2v) is 10.2. The third kappa shape index (κ3) is 5.03. The summed E-state index contributed by atoms with van der Waals surface area (Å²) in [6, 6.07) is 18.6. The van der Waals surface area contributed by atoms with Crippen molar-refractivity contribution in [1.29, 1.82) is 0 Å². The lowest BCUT2D eigenvalue weighted by atomic mass is 9.95. The minimum atomic E-state index is -0.795. The maximum atomic E-state index is 13.8. The fraction of sp³-hybridized carbons (Fsp3) is 0.167. The molecule has 0 unspecified atom stereocenters. The SMILES string of the molecule is CCOC(=O)C1=C(C)N=c2s/c(=C\c3ccc(N=Nc4ccccc4)cc3O)c(=O)n2[C@H]1c1ccc2c(c1)OCO2. The van der Waals surface area contributed by atoms with Crippen molar-refractivity contribution in [3.63, 3.8) is 0 Å². The van der Waals surface area contributed by atoms with E-state index < -0.39 is 12.0 Å². The van der Waals surface area contributed by atoms with Crippen LogP contribution < -0.4 is 24.4 Å². The molecule has 0 saturated carbocycles. The summed E-state index contributed by atoms with van der Waals surface area (Å²) in [5, 5.41) is 19.1. The third-order valence-electron chi connectivity index (χ3n) is 6.57. The fourth-order valence-electron chi connectivity index (χ4n) is 4.66. The molecule has 0 amide bonds. The monoisotopic (exact) mass is 568 g/mol. The lowest BCUT2D eigenvalue weighted by Crippen LogP contribution is -2.39. The summed E-state index contributed by atoms with van der Waals surface area (Å²) in [5.74, 6) is 0.498. The van der Waals surface area contributed by atoms with Crippen LogP contribution in [0.2, 0.25) is 0 Å². The average molecular weight is 569 g/mol. The number of carbonyl (C=O) groups is 1. The van der Waals surface area contributed by atoms with E-state index in [9.17, 15) is 14.7 Å². The molecule has 1 atom stereocenters. The van der Waals surface area contributed by atoms with Gasteiger partial charge in [-0.05, 0) is 61.9 Å². The van der Waals surface area contributed by atoms with Crippen LogP contribution in [0.1, 0.15) is 31.0 Å². The van der Waals surface area contributed by atoms with Gasteiger partial charge >= 0.3 is 5.97 Å². The number of esters is 1. The lowest BCUT2D eigenvalue weighted by Gasteiger charge is -2.24. The van der Waals surface area contributed by atoms with Crippen molar-refractivity contribution in [3.8, 4) is 17.2 Å². The van der Waals surface area contributed by atoms with Gasteiger partial charge in [-0.1, -0.05) is 35.6 Å². The number of ether oxygens (including phenoxy) is 3. The van der Waals surface area contributed by atoms with E-state index in [2.05, 4.69) is 15.2 Å². The second kappa shape index (κ2) is 10.9. The first kappa shape index (κ1) is 26.2. The highest BCUT2D eigenvalue weighted by atomic mass is 32.1. The first-order chi connectivity index (χ1) is 19.9. The Morgan fingerprint density at radius 2 is 1.88 bits per heavy atom. The minimum Gasteiger partial charge on any atom is -0.507 e. The van der Waals surface area contributed by atoms with Crippen molar-refractivity contribution in [2.75, 3.05) is 13.4 Å². The second-order valence-electron chi connectivity index (χ2n) is 9.19. The molecular weight excluding hydrogens is 544 g/mol. The summed E-state index contributed by atoms with van der Waals surface area (Å²) < 4.78 is 18.2. The maximum absolute atomic E-state index is 13.8. The Balaban J connectivity index is 1.43. The molecule has 206 valence electrons. The molecule has 0 radical (unpaired) electrons. The van der Waals surface area contributed by atoms with Crippen LogP contribution in [0.15, 0.2) is 98.0 Å². The fourth-order valence-corrected chi connectivity index (χ4v) is 5.70. The van der Waals surface area contributed by atoms with Gasteiger partial charge in [0.1, 0.15) is 5.75 Å². The van der Waals surface area contributed by atoms with Gasteiger partial charge in [0, 0.05) is 11.6 Å². The van der Waals surface area contributed by atoms with E-state index in [-0.39, 0.29) is 30.3 Å². The first-order valence-corrected chi connectivity index (χ1v) is 13.6. The molecule has 0 aliphatic carbocycles. The smallest absolute Gasteiger partial charge is 0.338 e. The van der Waals surface area contributed by atoms with E-state index in [1.807, 2.05) is 30.3 Å². The van der Waals surface area contributed by atoms with Crippen molar-refractivity contribution in [2.45, 2.75) is 19.9 Å². The van der Waals surface area contributed by atoms with Gasteiger partial charge in [-0.2, -0.15) is 10.2 Å². The molecular formula is C30H24N4O6S. The molecule has 0 spiro atoms. The number of hydrogen-bond acceptors (Lipinski definition) is 10. The van der Waals surface area contributed by atoms with Crippen molar-refractivity contribution in [1.82, 2.24) is 4.57 Å². The van der Waals surface area contributed by atoms with Gasteiger partial charge in [-0.25, -0.2) is 9.79 Å². The number of allylic oxidation sites excluding steroid dienone is 1. The number of phenols is 1. The Bertz CT molecular complexity index is 1910. The number of aromatic hydroxyl groups is 1. The van der Waals surface area contributed by atoms with Gasteiger partial charge in [0.25, 0.3) is 5.56 Å². The summed E-state index contributed by atoms with van der Waals surface area (Å²) in [4.78, 5) is 31.9. The summed E-state index contributed by atoms with van der Waals surface area (Å²) in [6.45, 7) is 3.71. The molecule has 10 nitrogen and oxygen atoms in total. The van der Waals surface area contributed by atoms with Crippen molar-refractivity contribution in [3.05, 3.63) is 109 Å². The van der Waals surface area contributed by atoms with Crippen LogP contribution in [0.3, 0.4) is 0 Å². The van der Waals surface area contributed by atoms with E-state index in [4.69, 9.17) is 14.2 Å². The van der Waals surface area contributed by atoms with Crippen molar-refractivity contribution < 1.29 is 24.1 Å². The van der Waals surface area contributed by atoms with Crippen LogP contribution >= 0.6 is 11.3 Å². The van der Waals surface area contributed by atoms with Gasteiger partial charge in [0.2, 0.25) is 6.79 Å². The largest absolute Gasteiger partial charge is 0.507 e. The van der Waals surface area contributed by atoms with Crippen LogP contribution in [0.4, 0.5) is 11.4 Å². The predicted molar refractivity (Wildman–Crippen MR) is 152 cm³/mol. The zero-order valence-electron chi connectivity index (χ0n) is 22.1. The third-order valence-corrected chi connectivity index (χ3v) is 7.55. The van der Waals surface area contributed by atoms with Crippen LogP contribution in [0.5, 0.6) is 17.2 Å². The van der Waals surface area contributed by atoms with Crippen LogP contribution in [0.25, 0.3) is 6.08 Å². The maximum Gasteiger partial charge on any atom is 0.338 e. The minimum absolute atomic E-state index is 0.0592. The number of aromatic nitrogens is 1. The Morgan fingerprint density at radius 1 is 1.10 bits per heavy atom. The molecule has 0 fully saturated rings. The molecule has 2 aliphatic rings. The Hall–Kier alpha value is -5.03. The molecule has 0 saturated heterocycles. The number of nitrogens with zero attached hydrogens (tertiary/aromatic N) is 4. The van der Waals surface area contributed by atoms with Gasteiger partial charge in [0.05, 0.1) is 39.8 Å². The normalized spacial score (nSPS) is 16.1. The van der Waals surface area contributed by atoms with Crippen LogP contribution in [-0.4, -0.2) is 29.0 Å². The summed E-state index contributed by atoms with van der Waals surface area (Å²) in [6.07, 6.45) is 1.59. The van der Waals surface area contributed by atoms with Crippen molar-refractivity contribution in [2.24, 2.45) is 15.2 Å². The zero-order chi connectivity index (χ0) is 28.5. The van der Waals surface area contributed by atoms with Crippen LogP contribution in [0, 0.1) is 0 Å². The summed E-state index contributed by atoms with van der Waals surface area (Å²) in [7, 11) is 0. The number of hydrogen-bond donors (Lipinski definition) is 1. The predicted octanol–water partition coefficient (Wildman–Crippen LogP) is 4.65. The molecule has 6 rings (SSSR count). The Morgan fingerprint density at radius 3 is 2.66 bits per heavy atom. The Kier molecular flexibility index (Phi) is 6.94. The number of rotatable bonds is 6. The quantitative estimate of drug-likeness (QED) is 0.267. The zero-order valence-corrected chi connectivity index (χ0v) is 22.9. The lowest BCUT2D eigenvalue weighted by molar-refractivity contribution is -0.139. The number of carbonyl (C=O) groups excluding carboxylic acids is 1. The first-order valence-electron chi connectivity index (χ1n) is 12.8. The van der Waals surface area contributed by atoms with Crippen LogP contribution in [-0.2, 0) is 9.53 Å². The molecule has 2 aliphatic heterocycles. The highest BCUT2D eigenvalue weighted by Gasteiger charge is 2.34. The van der Waals surface area contributed by atoms with E-state index in [0.717, 1.165) is 11.3 Å². The standard InChI is InChI=1S/C30H24N4O6S/c1-3-38-29(37)26-17(2)31-30-34(27(26)19-10-12-23-24(13-19)40-16-39-23)28(36)25(41-30)14-18-9-11-21(15-22(18)35)33-32-20-7-5-4-6-8-20/h4-15,27,35H,3,16H2,1-2H3/b25-14-,33-32?/t27-/m0/s1. The topological polar surface area (TPSA) is 124 Å². The van der Waals surface area contributed by atoms with E-state index in [1.165, 1.54) is 10.6 Å². The summed E-state index contributed by atoms with van der Waals surface area (Å²) >= 11 is 1.16. The van der Waals surface area contributed by atoms with Gasteiger partial charge < -0.3 is 19.3 Å². The van der Waals surface area contributed by atoms with E-state index >= 15 is 0 Å². The molecule has 1 N–H and O–H groups in total. The van der Waals surface area contributed by atoms with Gasteiger partial charge in [0.15, 0.2) is 16.3 Å². The highest BCUT2D eigenvalue weighted by molar-refractivity contribution is 7.07. The molecule has 3 heterocycles.